The maximum absolute atomic E-state index is 12.5. The molecule has 5 atom stereocenters. The van der Waals surface area contributed by atoms with Gasteiger partial charge in [0, 0.05) is 23.8 Å². The molecule has 11 heteroatoms. The summed E-state index contributed by atoms with van der Waals surface area (Å²) >= 11 is 0. The summed E-state index contributed by atoms with van der Waals surface area (Å²) in [7, 11) is 0. The van der Waals surface area contributed by atoms with E-state index in [0.717, 1.165) is 12.1 Å². The second kappa shape index (κ2) is 8.30. The first kappa shape index (κ1) is 21.9. The zero-order valence-corrected chi connectivity index (χ0v) is 16.3. The lowest BCUT2D eigenvalue weighted by molar-refractivity contribution is -0.277. The van der Waals surface area contributed by atoms with Crippen LogP contribution < -0.4 is 10.2 Å². The van der Waals surface area contributed by atoms with E-state index in [9.17, 15) is 40.5 Å². The molecule has 1 fully saturated rings. The lowest BCUT2D eigenvalue weighted by Gasteiger charge is -2.39. The number of ether oxygens (including phenoxy) is 2. The molecule has 7 N–H and O–H groups in total. The first-order valence-corrected chi connectivity index (χ1v) is 9.50. The van der Waals surface area contributed by atoms with Crippen LogP contribution in [0.3, 0.4) is 0 Å². The number of phenols is 3. The van der Waals surface area contributed by atoms with E-state index in [1.54, 1.807) is 0 Å². The van der Waals surface area contributed by atoms with E-state index in [-0.39, 0.29) is 33.8 Å². The minimum atomic E-state index is -1.68. The van der Waals surface area contributed by atoms with Gasteiger partial charge in [-0.25, -0.2) is 0 Å². The van der Waals surface area contributed by atoms with Crippen LogP contribution in [0.4, 0.5) is 0 Å². The van der Waals surface area contributed by atoms with Crippen molar-refractivity contribution in [2.24, 2.45) is 0 Å². The number of fused-ring (bicyclic) bond motifs is 1. The summed E-state index contributed by atoms with van der Waals surface area (Å²) in [6, 6.07) is 7.23. The third-order valence-corrected chi connectivity index (χ3v) is 5.14. The lowest BCUT2D eigenvalue weighted by atomic mass is 9.99. The average molecular weight is 448 g/mol. The van der Waals surface area contributed by atoms with E-state index in [1.165, 1.54) is 24.3 Å². The second-order valence-electron chi connectivity index (χ2n) is 7.31. The van der Waals surface area contributed by atoms with Crippen molar-refractivity contribution in [2.45, 2.75) is 30.7 Å². The number of benzene rings is 2. The molecule has 0 saturated carbocycles. The fourth-order valence-electron chi connectivity index (χ4n) is 3.43. The maximum Gasteiger partial charge on any atom is 0.229 e. The van der Waals surface area contributed by atoms with E-state index in [0.29, 0.717) is 0 Å². The van der Waals surface area contributed by atoms with Crippen LogP contribution in [-0.4, -0.2) is 73.1 Å². The first-order valence-electron chi connectivity index (χ1n) is 9.50. The van der Waals surface area contributed by atoms with Gasteiger partial charge in [0.2, 0.25) is 6.29 Å². The molecular formula is C21H20O11. The molecule has 1 aromatic heterocycles. The molecule has 1 saturated heterocycles. The van der Waals surface area contributed by atoms with Gasteiger partial charge in [0.05, 0.1) is 6.61 Å². The molecule has 0 radical (unpaired) electrons. The Balaban J connectivity index is 1.72. The standard InChI is InChI=1S/C21H20O11/c22-7-16-18(27)19(28)20(29)21(32-16)30-9-4-12(25)17-13(26)6-14(31-15(17)5-9)8-1-2-10(23)11(24)3-8/h1-6,16,18-25,27-29H,7H2/t16-,18+,19+,20-,21-/m0/s1. The summed E-state index contributed by atoms with van der Waals surface area (Å²) in [6.45, 7) is -0.647. The van der Waals surface area contributed by atoms with Gasteiger partial charge in [0.1, 0.15) is 52.6 Å². The number of aliphatic hydroxyl groups excluding tert-OH is 4. The number of aromatic hydroxyl groups is 3. The van der Waals surface area contributed by atoms with Gasteiger partial charge in [-0.1, -0.05) is 0 Å². The van der Waals surface area contributed by atoms with Crippen molar-refractivity contribution in [1.29, 1.82) is 0 Å². The van der Waals surface area contributed by atoms with Crippen molar-refractivity contribution in [3.8, 4) is 34.3 Å². The number of hydrogen-bond donors (Lipinski definition) is 7. The average Bonchev–Trinajstić information content (AvgIpc) is 2.75. The zero-order valence-electron chi connectivity index (χ0n) is 16.3. The molecule has 3 aromatic rings. The van der Waals surface area contributed by atoms with Gasteiger partial charge >= 0.3 is 0 Å². The molecular weight excluding hydrogens is 428 g/mol. The highest BCUT2D eigenvalue weighted by Gasteiger charge is 2.44. The third kappa shape index (κ3) is 3.83. The topological polar surface area (TPSA) is 190 Å². The Hall–Kier alpha value is -3.35. The lowest BCUT2D eigenvalue weighted by Crippen LogP contribution is -2.60. The summed E-state index contributed by atoms with van der Waals surface area (Å²) in [5, 5.41) is 68.5. The van der Waals surface area contributed by atoms with Gasteiger partial charge in [-0.15, -0.1) is 0 Å². The van der Waals surface area contributed by atoms with Crippen molar-refractivity contribution >= 4 is 11.0 Å². The van der Waals surface area contributed by atoms with Gasteiger partial charge in [0.25, 0.3) is 0 Å². The van der Waals surface area contributed by atoms with Crippen molar-refractivity contribution < 1.29 is 49.6 Å². The molecule has 2 aromatic carbocycles. The van der Waals surface area contributed by atoms with Gasteiger partial charge < -0.3 is 49.6 Å². The minimum Gasteiger partial charge on any atom is -0.507 e. The van der Waals surface area contributed by atoms with E-state index in [2.05, 4.69) is 0 Å². The predicted octanol–water partition coefficient (Wildman–Crippen LogP) is -0.245. The monoisotopic (exact) mass is 448 g/mol. The SMILES string of the molecule is O=c1cc(-c2ccc(O)c(O)c2)oc2cc(O[C@H]3O[C@@H](CO)[C@@H](O)[C@@H](O)[C@@H]3O)cc(O)c12. The van der Waals surface area contributed by atoms with E-state index < -0.39 is 54.2 Å². The summed E-state index contributed by atoms with van der Waals surface area (Å²) in [4.78, 5) is 12.5. The van der Waals surface area contributed by atoms with Gasteiger partial charge in [-0.3, -0.25) is 4.79 Å². The highest BCUT2D eigenvalue weighted by molar-refractivity contribution is 5.86. The molecule has 11 nitrogen and oxygen atoms in total. The molecule has 4 rings (SSSR count). The van der Waals surface area contributed by atoms with Crippen molar-refractivity contribution in [3.05, 3.63) is 46.6 Å². The number of phenolic OH excluding ortho intramolecular Hbond substituents is 3. The van der Waals surface area contributed by atoms with Crippen LogP contribution in [0.2, 0.25) is 0 Å². The van der Waals surface area contributed by atoms with Crippen LogP contribution >= 0.6 is 0 Å². The Morgan fingerprint density at radius 2 is 1.62 bits per heavy atom. The van der Waals surface area contributed by atoms with E-state index in [1.807, 2.05) is 0 Å². The quantitative estimate of drug-likeness (QED) is 0.261. The number of rotatable bonds is 4. The predicted molar refractivity (Wildman–Crippen MR) is 107 cm³/mol. The molecule has 2 heterocycles. The fraction of sp³-hybridized carbons (Fsp3) is 0.286. The summed E-state index contributed by atoms with van der Waals surface area (Å²) in [5.41, 5.74) is -0.413. The van der Waals surface area contributed by atoms with Gasteiger partial charge in [-0.05, 0) is 18.2 Å². The molecule has 0 amide bonds. The number of aliphatic hydroxyl groups is 4. The highest BCUT2D eigenvalue weighted by atomic mass is 16.7. The molecule has 0 aliphatic carbocycles. The Morgan fingerprint density at radius 3 is 2.31 bits per heavy atom. The number of hydrogen-bond acceptors (Lipinski definition) is 11. The molecule has 32 heavy (non-hydrogen) atoms. The smallest absolute Gasteiger partial charge is 0.229 e. The Labute approximate surface area is 179 Å². The van der Waals surface area contributed by atoms with Crippen LogP contribution in [0.5, 0.6) is 23.0 Å². The second-order valence-corrected chi connectivity index (χ2v) is 7.31. The Morgan fingerprint density at radius 1 is 0.875 bits per heavy atom. The van der Waals surface area contributed by atoms with E-state index >= 15 is 0 Å². The summed E-state index contributed by atoms with van der Waals surface area (Å²) in [5.74, 6) is -1.34. The van der Waals surface area contributed by atoms with E-state index in [4.69, 9.17) is 13.9 Å². The van der Waals surface area contributed by atoms with Crippen LogP contribution in [0.25, 0.3) is 22.3 Å². The molecule has 170 valence electrons. The van der Waals surface area contributed by atoms with Gasteiger partial charge in [-0.2, -0.15) is 0 Å². The van der Waals surface area contributed by atoms with Crippen molar-refractivity contribution in [1.82, 2.24) is 0 Å². The van der Waals surface area contributed by atoms with Crippen molar-refractivity contribution in [2.75, 3.05) is 6.61 Å². The summed E-state index contributed by atoms with van der Waals surface area (Å²) in [6.07, 6.45) is -7.61. The minimum absolute atomic E-state index is 0.0298. The van der Waals surface area contributed by atoms with Crippen LogP contribution in [-0.2, 0) is 4.74 Å². The Bertz CT molecular complexity index is 1200. The van der Waals surface area contributed by atoms with Crippen LogP contribution in [0.1, 0.15) is 0 Å². The van der Waals surface area contributed by atoms with Crippen LogP contribution in [0, 0.1) is 0 Å². The van der Waals surface area contributed by atoms with Crippen LogP contribution in [0.15, 0.2) is 45.6 Å². The molecule has 1 aliphatic heterocycles. The zero-order chi connectivity index (χ0) is 23.2. The first-order chi connectivity index (χ1) is 15.2. The normalized spacial score (nSPS) is 25.7. The maximum atomic E-state index is 12.5. The fourth-order valence-corrected chi connectivity index (χ4v) is 3.43. The molecule has 0 bridgehead atoms. The third-order valence-electron chi connectivity index (χ3n) is 5.14. The largest absolute Gasteiger partial charge is 0.507 e. The van der Waals surface area contributed by atoms with Crippen molar-refractivity contribution in [3.63, 3.8) is 0 Å². The highest BCUT2D eigenvalue weighted by Crippen LogP contribution is 2.35. The molecule has 1 aliphatic rings. The Kier molecular flexibility index (Phi) is 5.67. The summed E-state index contributed by atoms with van der Waals surface area (Å²) < 4.78 is 16.4. The molecule has 0 unspecified atom stereocenters. The van der Waals surface area contributed by atoms with Gasteiger partial charge in [0.15, 0.2) is 16.9 Å². The molecule has 0 spiro atoms.